The van der Waals surface area contributed by atoms with Gasteiger partial charge in [-0.15, -0.1) is 0 Å². The summed E-state index contributed by atoms with van der Waals surface area (Å²) >= 11 is 0. The molecular formula is C28H36N4O3. The van der Waals surface area contributed by atoms with E-state index in [0.717, 1.165) is 80.8 Å². The topological polar surface area (TPSA) is 54.2 Å². The Hall–Kier alpha value is -3.03. The number of hydrogen-bond acceptors (Lipinski definition) is 7. The molecule has 2 aliphatic rings. The van der Waals surface area contributed by atoms with Crippen molar-refractivity contribution in [2.45, 2.75) is 26.8 Å². The number of anilines is 1. The van der Waals surface area contributed by atoms with Crippen LogP contribution in [0.15, 0.2) is 47.0 Å². The normalized spacial score (nSPS) is 16.2. The van der Waals surface area contributed by atoms with Crippen molar-refractivity contribution in [3.8, 4) is 22.8 Å². The number of aryl methyl sites for hydroxylation is 2. The van der Waals surface area contributed by atoms with Gasteiger partial charge in [-0.3, -0.25) is 9.80 Å². The van der Waals surface area contributed by atoms with Gasteiger partial charge in [-0.2, -0.15) is 0 Å². The summed E-state index contributed by atoms with van der Waals surface area (Å²) in [5, 5.41) is 4.27. The summed E-state index contributed by atoms with van der Waals surface area (Å²) < 4.78 is 16.9. The monoisotopic (exact) mass is 476 g/mol. The van der Waals surface area contributed by atoms with Gasteiger partial charge in [0.05, 0.1) is 6.54 Å². The Balaban J connectivity index is 1.05. The lowest BCUT2D eigenvalue weighted by atomic mass is 10.1. The van der Waals surface area contributed by atoms with Crippen LogP contribution in [0, 0.1) is 13.8 Å². The van der Waals surface area contributed by atoms with Crippen LogP contribution in [0.1, 0.15) is 23.3 Å². The zero-order valence-electron chi connectivity index (χ0n) is 21.1. The lowest BCUT2D eigenvalue weighted by Crippen LogP contribution is -2.47. The van der Waals surface area contributed by atoms with E-state index in [2.05, 4.69) is 59.0 Å². The van der Waals surface area contributed by atoms with Gasteiger partial charge in [0.2, 0.25) is 0 Å². The molecule has 186 valence electrons. The zero-order chi connectivity index (χ0) is 24.2. The lowest BCUT2D eigenvalue weighted by Gasteiger charge is -2.37. The van der Waals surface area contributed by atoms with Gasteiger partial charge in [-0.05, 0) is 70.2 Å². The SMILES string of the molecule is Cc1ccc(N2CCN(CCCN(C)Cc3cc(-c4ccc5c(c4)OCCO5)no3)CC2)c(C)c1. The first-order valence-electron chi connectivity index (χ1n) is 12.6. The second kappa shape index (κ2) is 10.7. The minimum atomic E-state index is 0.577. The van der Waals surface area contributed by atoms with E-state index in [4.69, 9.17) is 14.0 Å². The van der Waals surface area contributed by atoms with Crippen molar-refractivity contribution in [2.75, 3.05) is 64.4 Å². The van der Waals surface area contributed by atoms with Gasteiger partial charge in [-0.1, -0.05) is 22.9 Å². The number of piperazine rings is 1. The quantitative estimate of drug-likeness (QED) is 0.478. The average Bonchev–Trinajstić information content (AvgIpc) is 3.33. The Morgan fingerprint density at radius 3 is 2.51 bits per heavy atom. The highest BCUT2D eigenvalue weighted by Gasteiger charge is 2.19. The van der Waals surface area contributed by atoms with Gasteiger partial charge in [0.15, 0.2) is 17.3 Å². The fraction of sp³-hybridized carbons (Fsp3) is 0.464. The van der Waals surface area contributed by atoms with E-state index in [1.165, 1.54) is 16.8 Å². The first kappa shape index (κ1) is 23.7. The maximum Gasteiger partial charge on any atom is 0.162 e. The first-order chi connectivity index (χ1) is 17.0. The highest BCUT2D eigenvalue weighted by Crippen LogP contribution is 2.34. The second-order valence-corrected chi connectivity index (χ2v) is 9.75. The zero-order valence-corrected chi connectivity index (χ0v) is 21.1. The van der Waals surface area contributed by atoms with Crippen LogP contribution in [0.3, 0.4) is 0 Å². The molecule has 0 aliphatic carbocycles. The molecule has 0 unspecified atom stereocenters. The number of aromatic nitrogens is 1. The number of rotatable bonds is 8. The molecule has 0 bridgehead atoms. The van der Waals surface area contributed by atoms with Crippen LogP contribution in [-0.4, -0.2) is 74.5 Å². The maximum atomic E-state index is 5.69. The Morgan fingerprint density at radius 1 is 0.914 bits per heavy atom. The van der Waals surface area contributed by atoms with Crippen molar-refractivity contribution in [1.29, 1.82) is 0 Å². The van der Waals surface area contributed by atoms with E-state index in [0.29, 0.717) is 13.2 Å². The third kappa shape index (κ3) is 5.80. The molecule has 7 heteroatoms. The average molecular weight is 477 g/mol. The number of fused-ring (bicyclic) bond motifs is 1. The van der Waals surface area contributed by atoms with Crippen molar-refractivity contribution in [3.63, 3.8) is 0 Å². The van der Waals surface area contributed by atoms with Gasteiger partial charge < -0.3 is 18.9 Å². The molecule has 1 aromatic heterocycles. The van der Waals surface area contributed by atoms with E-state index in [1.807, 2.05) is 24.3 Å². The van der Waals surface area contributed by atoms with Crippen LogP contribution in [-0.2, 0) is 6.54 Å². The molecule has 0 spiro atoms. The molecule has 1 fully saturated rings. The minimum Gasteiger partial charge on any atom is -0.486 e. The van der Waals surface area contributed by atoms with Crippen molar-refractivity contribution >= 4 is 5.69 Å². The highest BCUT2D eigenvalue weighted by molar-refractivity contribution is 5.64. The molecule has 35 heavy (non-hydrogen) atoms. The summed E-state index contributed by atoms with van der Waals surface area (Å²) in [6.07, 6.45) is 1.14. The van der Waals surface area contributed by atoms with E-state index < -0.39 is 0 Å². The van der Waals surface area contributed by atoms with Crippen LogP contribution in [0.25, 0.3) is 11.3 Å². The van der Waals surface area contributed by atoms with E-state index in [1.54, 1.807) is 0 Å². The Bertz CT molecular complexity index is 1140. The molecule has 0 radical (unpaired) electrons. The highest BCUT2D eigenvalue weighted by atomic mass is 16.6. The predicted octanol–water partition coefficient (Wildman–Crippen LogP) is 4.37. The maximum absolute atomic E-state index is 5.69. The summed E-state index contributed by atoms with van der Waals surface area (Å²) in [5.74, 6) is 2.43. The largest absolute Gasteiger partial charge is 0.486 e. The Kier molecular flexibility index (Phi) is 7.25. The molecular weight excluding hydrogens is 440 g/mol. The molecule has 2 aliphatic heterocycles. The smallest absolute Gasteiger partial charge is 0.162 e. The number of nitrogens with zero attached hydrogens (tertiary/aromatic N) is 4. The standard InChI is InChI=1S/C28H36N4O3/c1-21-5-7-26(22(2)17-21)32-13-11-31(12-14-32)10-4-9-30(3)20-24-19-25(29-35-24)23-6-8-27-28(18-23)34-16-15-33-27/h5-8,17-19H,4,9-16,20H2,1-3H3. The summed E-state index contributed by atoms with van der Waals surface area (Å²) in [7, 11) is 2.14. The lowest BCUT2D eigenvalue weighted by molar-refractivity contribution is 0.171. The van der Waals surface area contributed by atoms with E-state index >= 15 is 0 Å². The molecule has 3 aromatic rings. The number of benzene rings is 2. The van der Waals surface area contributed by atoms with E-state index in [9.17, 15) is 0 Å². The van der Waals surface area contributed by atoms with E-state index in [-0.39, 0.29) is 0 Å². The van der Waals surface area contributed by atoms with Crippen LogP contribution in [0.2, 0.25) is 0 Å². The fourth-order valence-electron chi connectivity index (χ4n) is 5.01. The van der Waals surface area contributed by atoms with Crippen LogP contribution in [0.5, 0.6) is 11.5 Å². The summed E-state index contributed by atoms with van der Waals surface area (Å²) in [4.78, 5) is 7.42. The van der Waals surface area contributed by atoms with Gasteiger partial charge >= 0.3 is 0 Å². The summed E-state index contributed by atoms with van der Waals surface area (Å²) in [6, 6.07) is 14.7. The molecule has 5 rings (SSSR count). The third-order valence-corrected chi connectivity index (χ3v) is 6.90. The minimum absolute atomic E-state index is 0.577. The molecule has 0 saturated carbocycles. The summed E-state index contributed by atoms with van der Waals surface area (Å²) in [5.41, 5.74) is 5.90. The van der Waals surface area contributed by atoms with Crippen LogP contribution < -0.4 is 14.4 Å². The molecule has 7 nitrogen and oxygen atoms in total. The molecule has 0 N–H and O–H groups in total. The Morgan fingerprint density at radius 2 is 1.71 bits per heavy atom. The molecule has 0 atom stereocenters. The van der Waals surface area contributed by atoms with Gasteiger partial charge in [0.25, 0.3) is 0 Å². The molecule has 3 heterocycles. The fourth-order valence-corrected chi connectivity index (χ4v) is 5.01. The summed E-state index contributed by atoms with van der Waals surface area (Å²) in [6.45, 7) is 12.9. The van der Waals surface area contributed by atoms with Crippen molar-refractivity contribution in [2.24, 2.45) is 0 Å². The van der Waals surface area contributed by atoms with Crippen molar-refractivity contribution in [1.82, 2.24) is 15.0 Å². The molecule has 1 saturated heterocycles. The Labute approximate surface area is 208 Å². The number of ether oxygens (including phenoxy) is 2. The first-order valence-corrected chi connectivity index (χ1v) is 12.6. The van der Waals surface area contributed by atoms with Gasteiger partial charge in [-0.25, -0.2) is 0 Å². The molecule has 2 aromatic carbocycles. The van der Waals surface area contributed by atoms with Gasteiger partial charge in [0.1, 0.15) is 18.9 Å². The van der Waals surface area contributed by atoms with Crippen LogP contribution >= 0.6 is 0 Å². The van der Waals surface area contributed by atoms with Crippen molar-refractivity contribution < 1.29 is 14.0 Å². The molecule has 0 amide bonds. The van der Waals surface area contributed by atoms with Crippen molar-refractivity contribution in [3.05, 3.63) is 59.4 Å². The van der Waals surface area contributed by atoms with Crippen LogP contribution in [0.4, 0.5) is 5.69 Å². The van der Waals surface area contributed by atoms with Gasteiger partial charge in [0, 0.05) is 43.5 Å². The number of hydrogen-bond donors (Lipinski definition) is 0. The predicted molar refractivity (Wildman–Crippen MR) is 138 cm³/mol. The second-order valence-electron chi connectivity index (χ2n) is 9.75. The third-order valence-electron chi connectivity index (χ3n) is 6.90.